The number of methoxy groups -OCH3 is 1. The Bertz CT molecular complexity index is 363. The zero-order valence-corrected chi connectivity index (χ0v) is 9.41. The molecule has 0 aliphatic rings. The summed E-state index contributed by atoms with van der Waals surface area (Å²) in [5.41, 5.74) is 0.558. The van der Waals surface area contributed by atoms with Gasteiger partial charge >= 0.3 is 0 Å². The zero-order chi connectivity index (χ0) is 11.4. The van der Waals surface area contributed by atoms with Crippen molar-refractivity contribution in [2.24, 2.45) is 0 Å². The topological polar surface area (TPSA) is 46.5 Å². The van der Waals surface area contributed by atoms with E-state index in [-0.39, 0.29) is 11.7 Å². The number of aldehydes is 1. The van der Waals surface area contributed by atoms with Gasteiger partial charge in [0, 0.05) is 17.0 Å². The number of carbonyl (C=O) groups is 1. The van der Waals surface area contributed by atoms with Crippen LogP contribution in [-0.4, -0.2) is 18.5 Å². The lowest BCUT2D eigenvalue weighted by atomic mass is 9.97. The Morgan fingerprint density at radius 3 is 2.80 bits per heavy atom. The Morgan fingerprint density at radius 1 is 1.60 bits per heavy atom. The third-order valence-corrected chi connectivity index (χ3v) is 2.62. The minimum absolute atomic E-state index is 0.0133. The molecular formula is C11H13ClO3. The predicted molar refractivity (Wildman–Crippen MR) is 58.8 cm³/mol. The molecule has 0 fully saturated rings. The molecule has 0 radical (unpaired) electrons. The quantitative estimate of drug-likeness (QED) is 0.806. The molecule has 15 heavy (non-hydrogen) atoms. The lowest BCUT2D eigenvalue weighted by molar-refractivity contribution is -0.108. The summed E-state index contributed by atoms with van der Waals surface area (Å²) in [4.78, 5) is 10.4. The molecule has 1 rings (SSSR count). The number of benzene rings is 1. The van der Waals surface area contributed by atoms with Crippen molar-refractivity contribution in [3.8, 4) is 11.5 Å². The maximum Gasteiger partial charge on any atom is 0.162 e. The molecule has 1 N–H and O–H groups in total. The summed E-state index contributed by atoms with van der Waals surface area (Å²) in [6.45, 7) is 1.83. The maximum atomic E-state index is 10.4. The molecule has 1 aromatic carbocycles. The number of hydrogen-bond acceptors (Lipinski definition) is 3. The van der Waals surface area contributed by atoms with Gasteiger partial charge in [-0.25, -0.2) is 0 Å². The predicted octanol–water partition coefficient (Wildman–Crippen LogP) is 2.75. The lowest BCUT2D eigenvalue weighted by Crippen LogP contribution is -1.97. The van der Waals surface area contributed by atoms with Crippen LogP contribution in [0.2, 0.25) is 5.02 Å². The number of hydrogen-bond donors (Lipinski definition) is 1. The van der Waals surface area contributed by atoms with Gasteiger partial charge in [-0.1, -0.05) is 18.5 Å². The highest BCUT2D eigenvalue weighted by molar-refractivity contribution is 6.31. The summed E-state index contributed by atoms with van der Waals surface area (Å²) in [5, 5.41) is 10.3. The van der Waals surface area contributed by atoms with Gasteiger partial charge in [0.25, 0.3) is 0 Å². The molecule has 0 bridgehead atoms. The van der Waals surface area contributed by atoms with Crippen LogP contribution in [0.15, 0.2) is 12.1 Å². The first-order chi connectivity index (χ1) is 7.11. The van der Waals surface area contributed by atoms with Crippen LogP contribution < -0.4 is 4.74 Å². The molecule has 0 aliphatic heterocycles. The molecule has 0 saturated carbocycles. The first kappa shape index (κ1) is 11.9. The van der Waals surface area contributed by atoms with Crippen molar-refractivity contribution in [1.29, 1.82) is 0 Å². The van der Waals surface area contributed by atoms with E-state index >= 15 is 0 Å². The normalized spacial score (nSPS) is 12.2. The fourth-order valence-corrected chi connectivity index (χ4v) is 1.80. The Balaban J connectivity index is 3.19. The van der Waals surface area contributed by atoms with Gasteiger partial charge in [0.1, 0.15) is 6.29 Å². The second kappa shape index (κ2) is 5.03. The van der Waals surface area contributed by atoms with Crippen LogP contribution in [-0.2, 0) is 4.79 Å². The van der Waals surface area contributed by atoms with E-state index in [0.717, 1.165) is 6.29 Å². The van der Waals surface area contributed by atoms with E-state index < -0.39 is 0 Å². The molecule has 4 heteroatoms. The monoisotopic (exact) mass is 228 g/mol. The van der Waals surface area contributed by atoms with Gasteiger partial charge in [-0.05, 0) is 18.1 Å². The highest BCUT2D eigenvalue weighted by Gasteiger charge is 2.17. The summed E-state index contributed by atoms with van der Waals surface area (Å²) in [6, 6.07) is 3.24. The van der Waals surface area contributed by atoms with E-state index in [9.17, 15) is 9.90 Å². The Morgan fingerprint density at radius 2 is 2.27 bits per heavy atom. The molecule has 1 unspecified atom stereocenters. The highest BCUT2D eigenvalue weighted by atomic mass is 35.5. The van der Waals surface area contributed by atoms with E-state index in [1.165, 1.54) is 7.11 Å². The maximum absolute atomic E-state index is 10.4. The fraction of sp³-hybridized carbons (Fsp3) is 0.364. The molecule has 0 aliphatic carbocycles. The van der Waals surface area contributed by atoms with Gasteiger partial charge in [-0.3, -0.25) is 0 Å². The van der Waals surface area contributed by atoms with Crippen LogP contribution in [0.5, 0.6) is 11.5 Å². The molecule has 1 atom stereocenters. The van der Waals surface area contributed by atoms with E-state index in [0.29, 0.717) is 22.8 Å². The third-order valence-electron chi connectivity index (χ3n) is 2.29. The lowest BCUT2D eigenvalue weighted by Gasteiger charge is -2.14. The molecule has 0 heterocycles. The molecule has 0 saturated heterocycles. The van der Waals surface area contributed by atoms with E-state index in [1.807, 2.05) is 6.92 Å². The van der Waals surface area contributed by atoms with Crippen LogP contribution in [0.1, 0.15) is 24.8 Å². The van der Waals surface area contributed by atoms with Crippen molar-refractivity contribution in [1.82, 2.24) is 0 Å². The average molecular weight is 229 g/mol. The Kier molecular flexibility index (Phi) is 3.97. The molecule has 82 valence electrons. The first-order valence-electron chi connectivity index (χ1n) is 4.60. The third kappa shape index (κ3) is 2.42. The smallest absolute Gasteiger partial charge is 0.162 e. The van der Waals surface area contributed by atoms with Crippen LogP contribution in [0, 0.1) is 0 Å². The zero-order valence-electron chi connectivity index (χ0n) is 8.66. The second-order valence-corrected chi connectivity index (χ2v) is 3.72. The van der Waals surface area contributed by atoms with Crippen molar-refractivity contribution >= 4 is 17.9 Å². The van der Waals surface area contributed by atoms with Gasteiger partial charge in [-0.2, -0.15) is 0 Å². The van der Waals surface area contributed by atoms with Crippen molar-refractivity contribution in [2.75, 3.05) is 7.11 Å². The van der Waals surface area contributed by atoms with Crippen LogP contribution in [0.3, 0.4) is 0 Å². The summed E-state index contributed by atoms with van der Waals surface area (Å²) < 4.78 is 4.97. The number of halogens is 1. The minimum Gasteiger partial charge on any atom is -0.504 e. The summed E-state index contributed by atoms with van der Waals surface area (Å²) in [6.07, 6.45) is 1.13. The van der Waals surface area contributed by atoms with Crippen molar-refractivity contribution < 1.29 is 14.6 Å². The van der Waals surface area contributed by atoms with Gasteiger partial charge in [-0.15, -0.1) is 0 Å². The Labute approximate surface area is 93.6 Å². The average Bonchev–Trinajstić information content (AvgIpc) is 2.18. The van der Waals surface area contributed by atoms with Gasteiger partial charge in [0.15, 0.2) is 11.5 Å². The van der Waals surface area contributed by atoms with Crippen LogP contribution in [0.4, 0.5) is 0 Å². The van der Waals surface area contributed by atoms with Gasteiger partial charge in [0.05, 0.1) is 7.11 Å². The molecule has 3 nitrogen and oxygen atoms in total. The van der Waals surface area contributed by atoms with Crippen LogP contribution in [0.25, 0.3) is 0 Å². The van der Waals surface area contributed by atoms with Crippen molar-refractivity contribution in [3.63, 3.8) is 0 Å². The van der Waals surface area contributed by atoms with E-state index in [4.69, 9.17) is 16.3 Å². The molecular weight excluding hydrogens is 216 g/mol. The fourth-order valence-electron chi connectivity index (χ4n) is 1.46. The molecule has 0 spiro atoms. The summed E-state index contributed by atoms with van der Waals surface area (Å²) >= 11 is 5.96. The number of ether oxygens (including phenoxy) is 1. The van der Waals surface area contributed by atoms with Crippen molar-refractivity contribution in [3.05, 3.63) is 22.7 Å². The summed E-state index contributed by atoms with van der Waals surface area (Å²) in [7, 11) is 1.47. The van der Waals surface area contributed by atoms with Gasteiger partial charge < -0.3 is 14.6 Å². The number of phenols is 1. The first-order valence-corrected chi connectivity index (χ1v) is 4.98. The number of carbonyl (C=O) groups excluding carboxylic acids is 1. The number of phenolic OH excluding ortho intramolecular Hbond substituents is 1. The second-order valence-electron chi connectivity index (χ2n) is 3.32. The van der Waals surface area contributed by atoms with Crippen molar-refractivity contribution in [2.45, 2.75) is 19.3 Å². The minimum atomic E-state index is -0.120. The van der Waals surface area contributed by atoms with E-state index in [2.05, 4.69) is 0 Å². The van der Waals surface area contributed by atoms with Crippen LogP contribution >= 0.6 is 11.6 Å². The molecule has 0 aromatic heterocycles. The largest absolute Gasteiger partial charge is 0.504 e. The number of rotatable bonds is 4. The number of aromatic hydroxyl groups is 1. The highest BCUT2D eigenvalue weighted by Crippen LogP contribution is 2.40. The molecule has 1 aromatic rings. The Hall–Kier alpha value is -1.22. The molecule has 0 amide bonds. The van der Waals surface area contributed by atoms with E-state index in [1.54, 1.807) is 12.1 Å². The SMILES string of the molecule is COc1ccc(Cl)c(C(C)CC=O)c1O. The summed E-state index contributed by atoms with van der Waals surface area (Å²) in [5.74, 6) is 0.261. The van der Waals surface area contributed by atoms with Gasteiger partial charge in [0.2, 0.25) is 0 Å². The standard InChI is InChI=1S/C11H13ClO3/c1-7(5-6-13)10-8(12)3-4-9(15-2)11(10)14/h3-4,6-7,14H,5H2,1-2H3.